The number of aryl methyl sites for hydroxylation is 2. The second kappa shape index (κ2) is 10.9. The van der Waals surface area contributed by atoms with Gasteiger partial charge in [0.15, 0.2) is 0 Å². The summed E-state index contributed by atoms with van der Waals surface area (Å²) in [5.74, 6) is 0.160. The summed E-state index contributed by atoms with van der Waals surface area (Å²) in [6.45, 7) is 8.93. The second-order valence-corrected chi connectivity index (χ2v) is 8.12. The van der Waals surface area contributed by atoms with Gasteiger partial charge in [-0.3, -0.25) is 9.59 Å². The normalized spacial score (nSPS) is 11.7. The standard InChI is InChI=1S/C23H30N2O2S/c1-5-14-24-23(27)19(4)25(15-20-10-6-17(2)7-11-20)22(26)16-28-21-12-8-18(3)9-13-21/h6-13,19H,5,14-16H2,1-4H3,(H,24,27)/t19-/m0/s1. The molecule has 1 atom stereocenters. The second-order valence-electron chi connectivity index (χ2n) is 7.08. The summed E-state index contributed by atoms with van der Waals surface area (Å²) in [6.07, 6.45) is 0.869. The molecule has 0 aliphatic rings. The number of hydrogen-bond acceptors (Lipinski definition) is 3. The maximum absolute atomic E-state index is 13.0. The molecular formula is C23H30N2O2S. The molecule has 2 aromatic rings. The summed E-state index contributed by atoms with van der Waals surface area (Å²) in [4.78, 5) is 28.2. The Labute approximate surface area is 172 Å². The average Bonchev–Trinajstić information content (AvgIpc) is 2.70. The number of carbonyl (C=O) groups is 2. The largest absolute Gasteiger partial charge is 0.354 e. The summed E-state index contributed by atoms with van der Waals surface area (Å²) in [5, 5.41) is 2.90. The molecule has 0 bridgehead atoms. The first-order chi connectivity index (χ1) is 13.4. The highest BCUT2D eigenvalue weighted by atomic mass is 32.2. The molecule has 0 heterocycles. The Hall–Kier alpha value is -2.27. The zero-order valence-corrected chi connectivity index (χ0v) is 18.0. The fourth-order valence-electron chi connectivity index (χ4n) is 2.73. The quantitative estimate of drug-likeness (QED) is 0.639. The number of rotatable bonds is 9. The lowest BCUT2D eigenvalue weighted by Crippen LogP contribution is -2.48. The van der Waals surface area contributed by atoms with Crippen LogP contribution < -0.4 is 5.32 Å². The predicted octanol–water partition coefficient (Wildman–Crippen LogP) is 4.34. The van der Waals surface area contributed by atoms with Crippen molar-refractivity contribution in [3.63, 3.8) is 0 Å². The SMILES string of the molecule is CCCNC(=O)[C@H](C)N(Cc1ccc(C)cc1)C(=O)CSc1ccc(C)cc1. The molecule has 1 N–H and O–H groups in total. The van der Waals surface area contributed by atoms with Crippen LogP contribution in [0.15, 0.2) is 53.4 Å². The molecular weight excluding hydrogens is 368 g/mol. The van der Waals surface area contributed by atoms with Gasteiger partial charge in [0.1, 0.15) is 6.04 Å². The minimum Gasteiger partial charge on any atom is -0.354 e. The number of benzene rings is 2. The van der Waals surface area contributed by atoms with E-state index in [0.29, 0.717) is 18.8 Å². The fourth-order valence-corrected chi connectivity index (χ4v) is 3.52. The Morgan fingerprint density at radius 3 is 2.14 bits per heavy atom. The Bertz CT molecular complexity index is 772. The van der Waals surface area contributed by atoms with E-state index < -0.39 is 6.04 Å². The van der Waals surface area contributed by atoms with Crippen LogP contribution in [-0.4, -0.2) is 35.1 Å². The number of nitrogens with one attached hydrogen (secondary N) is 1. The van der Waals surface area contributed by atoms with Crippen LogP contribution in [0.1, 0.15) is 37.0 Å². The van der Waals surface area contributed by atoms with Crippen molar-refractivity contribution in [3.05, 3.63) is 65.2 Å². The summed E-state index contributed by atoms with van der Waals surface area (Å²) < 4.78 is 0. The smallest absolute Gasteiger partial charge is 0.242 e. The first-order valence-electron chi connectivity index (χ1n) is 9.73. The van der Waals surface area contributed by atoms with Gasteiger partial charge in [-0.1, -0.05) is 54.4 Å². The molecule has 28 heavy (non-hydrogen) atoms. The molecule has 0 unspecified atom stereocenters. The maximum atomic E-state index is 13.0. The van der Waals surface area contributed by atoms with Crippen molar-refractivity contribution < 1.29 is 9.59 Å². The molecule has 0 fully saturated rings. The summed E-state index contributed by atoms with van der Waals surface area (Å²) in [6, 6.07) is 15.7. The summed E-state index contributed by atoms with van der Waals surface area (Å²) in [7, 11) is 0. The van der Waals surface area contributed by atoms with Crippen LogP contribution in [0.5, 0.6) is 0 Å². The highest BCUT2D eigenvalue weighted by Gasteiger charge is 2.25. The third-order valence-electron chi connectivity index (χ3n) is 4.57. The lowest BCUT2D eigenvalue weighted by Gasteiger charge is -2.28. The van der Waals surface area contributed by atoms with Gasteiger partial charge < -0.3 is 10.2 Å². The zero-order valence-electron chi connectivity index (χ0n) is 17.2. The van der Waals surface area contributed by atoms with Crippen LogP contribution in [0.3, 0.4) is 0 Å². The molecule has 2 amide bonds. The van der Waals surface area contributed by atoms with Gasteiger partial charge in [-0.25, -0.2) is 0 Å². The Morgan fingerprint density at radius 1 is 1.00 bits per heavy atom. The fraction of sp³-hybridized carbons (Fsp3) is 0.391. The van der Waals surface area contributed by atoms with Gasteiger partial charge in [0.05, 0.1) is 5.75 Å². The predicted molar refractivity (Wildman–Crippen MR) is 116 cm³/mol. The first kappa shape index (κ1) is 22.0. The van der Waals surface area contributed by atoms with E-state index in [4.69, 9.17) is 0 Å². The first-order valence-corrected chi connectivity index (χ1v) is 10.7. The monoisotopic (exact) mass is 398 g/mol. The van der Waals surface area contributed by atoms with Gasteiger partial charge >= 0.3 is 0 Å². The van der Waals surface area contributed by atoms with E-state index >= 15 is 0 Å². The van der Waals surface area contributed by atoms with E-state index in [9.17, 15) is 9.59 Å². The van der Waals surface area contributed by atoms with Crippen molar-refractivity contribution in [2.75, 3.05) is 12.3 Å². The van der Waals surface area contributed by atoms with Gasteiger partial charge in [-0.2, -0.15) is 0 Å². The van der Waals surface area contributed by atoms with Crippen molar-refractivity contribution in [2.24, 2.45) is 0 Å². The molecule has 0 radical (unpaired) electrons. The molecule has 0 saturated heterocycles. The maximum Gasteiger partial charge on any atom is 0.242 e. The highest BCUT2D eigenvalue weighted by Crippen LogP contribution is 2.20. The van der Waals surface area contributed by atoms with Crippen molar-refractivity contribution in [3.8, 4) is 0 Å². The molecule has 0 aromatic heterocycles. The Morgan fingerprint density at radius 2 is 1.57 bits per heavy atom. The van der Waals surface area contributed by atoms with Crippen LogP contribution in [0.25, 0.3) is 0 Å². The van der Waals surface area contributed by atoms with Gasteiger partial charge in [-0.05, 0) is 44.9 Å². The molecule has 4 nitrogen and oxygen atoms in total. The zero-order chi connectivity index (χ0) is 20.5. The van der Waals surface area contributed by atoms with Crippen molar-refractivity contribution in [1.29, 1.82) is 0 Å². The molecule has 0 saturated carbocycles. The molecule has 2 rings (SSSR count). The molecule has 5 heteroatoms. The molecule has 0 aliphatic carbocycles. The number of nitrogens with zero attached hydrogens (tertiary/aromatic N) is 1. The molecule has 0 aliphatic heterocycles. The topological polar surface area (TPSA) is 49.4 Å². The van der Waals surface area contributed by atoms with Gasteiger partial charge in [0.2, 0.25) is 11.8 Å². The third-order valence-corrected chi connectivity index (χ3v) is 5.57. The molecule has 150 valence electrons. The van der Waals surface area contributed by atoms with Crippen LogP contribution in [-0.2, 0) is 16.1 Å². The summed E-state index contributed by atoms with van der Waals surface area (Å²) in [5.41, 5.74) is 3.39. The number of carbonyl (C=O) groups excluding carboxylic acids is 2. The molecule has 0 spiro atoms. The van der Waals surface area contributed by atoms with Gasteiger partial charge in [0.25, 0.3) is 0 Å². The Balaban J connectivity index is 2.10. The van der Waals surface area contributed by atoms with E-state index in [0.717, 1.165) is 16.9 Å². The van der Waals surface area contributed by atoms with Crippen LogP contribution in [0.4, 0.5) is 0 Å². The minimum atomic E-state index is -0.515. The summed E-state index contributed by atoms with van der Waals surface area (Å²) >= 11 is 1.50. The Kier molecular flexibility index (Phi) is 8.58. The van der Waals surface area contributed by atoms with E-state index in [-0.39, 0.29) is 11.8 Å². The van der Waals surface area contributed by atoms with E-state index in [1.165, 1.54) is 22.9 Å². The number of thioether (sulfide) groups is 1. The van der Waals surface area contributed by atoms with E-state index in [2.05, 4.69) is 5.32 Å². The number of hydrogen-bond donors (Lipinski definition) is 1. The van der Waals surface area contributed by atoms with Crippen molar-refractivity contribution in [1.82, 2.24) is 10.2 Å². The minimum absolute atomic E-state index is 0.0368. The van der Waals surface area contributed by atoms with Gasteiger partial charge in [0, 0.05) is 18.0 Å². The van der Waals surface area contributed by atoms with Crippen molar-refractivity contribution >= 4 is 23.6 Å². The van der Waals surface area contributed by atoms with E-state index in [1.807, 2.05) is 69.3 Å². The van der Waals surface area contributed by atoms with E-state index in [1.54, 1.807) is 11.8 Å². The highest BCUT2D eigenvalue weighted by molar-refractivity contribution is 8.00. The lowest BCUT2D eigenvalue weighted by atomic mass is 10.1. The van der Waals surface area contributed by atoms with Crippen LogP contribution in [0.2, 0.25) is 0 Å². The van der Waals surface area contributed by atoms with Gasteiger partial charge in [-0.15, -0.1) is 11.8 Å². The van der Waals surface area contributed by atoms with Crippen molar-refractivity contribution in [2.45, 2.75) is 51.6 Å². The lowest BCUT2D eigenvalue weighted by molar-refractivity contribution is -0.138. The molecule has 2 aromatic carbocycles. The average molecular weight is 399 g/mol. The van der Waals surface area contributed by atoms with Crippen LogP contribution in [0, 0.1) is 13.8 Å². The number of amides is 2. The third kappa shape index (κ3) is 6.71. The van der Waals surface area contributed by atoms with Crippen LogP contribution >= 0.6 is 11.8 Å².